The molecule has 0 amide bonds. The fraction of sp³-hybridized carbons (Fsp3) is 0.276. The van der Waals surface area contributed by atoms with E-state index in [4.69, 9.17) is 9.26 Å². The number of ether oxygens (including phenoxy) is 1. The summed E-state index contributed by atoms with van der Waals surface area (Å²) in [5, 5.41) is 18.5. The third-order valence-electron chi connectivity index (χ3n) is 6.91. The lowest BCUT2D eigenvalue weighted by Gasteiger charge is -2.32. The molecule has 1 atom stereocenters. The molecule has 3 aromatic rings. The Labute approximate surface area is 241 Å². The highest BCUT2D eigenvalue weighted by Crippen LogP contribution is 2.42. The molecule has 5 rings (SSSR count). The van der Waals surface area contributed by atoms with E-state index in [1.807, 2.05) is 6.92 Å². The summed E-state index contributed by atoms with van der Waals surface area (Å²) >= 11 is 0. The van der Waals surface area contributed by atoms with Gasteiger partial charge < -0.3 is 14.4 Å². The number of rotatable bonds is 9. The van der Waals surface area contributed by atoms with E-state index in [0.29, 0.717) is 6.42 Å². The average molecular weight is 602 g/mol. The van der Waals surface area contributed by atoms with Crippen molar-refractivity contribution in [3.63, 3.8) is 0 Å². The van der Waals surface area contributed by atoms with E-state index in [9.17, 15) is 31.9 Å². The Hall–Kier alpha value is -4.88. The molecule has 1 unspecified atom stereocenters. The van der Waals surface area contributed by atoms with E-state index in [1.165, 1.54) is 36.7 Å². The molecule has 224 valence electrons. The second-order valence-electron chi connectivity index (χ2n) is 9.99. The summed E-state index contributed by atoms with van der Waals surface area (Å²) in [6.45, 7) is 5.15. The second kappa shape index (κ2) is 11.1. The lowest BCUT2D eigenvalue weighted by Crippen LogP contribution is -2.48. The Bertz CT molecular complexity index is 1770. The van der Waals surface area contributed by atoms with Gasteiger partial charge in [0.05, 0.1) is 30.1 Å². The van der Waals surface area contributed by atoms with Gasteiger partial charge in [0.2, 0.25) is 5.54 Å². The number of fused-ring (bicyclic) bond motifs is 1. The van der Waals surface area contributed by atoms with Gasteiger partial charge in [0, 0.05) is 11.6 Å². The first kappa shape index (κ1) is 29.6. The highest BCUT2D eigenvalue weighted by Gasteiger charge is 2.50. The number of benzene rings is 2. The van der Waals surface area contributed by atoms with Gasteiger partial charge in [-0.25, -0.2) is 28.2 Å². The van der Waals surface area contributed by atoms with Gasteiger partial charge in [-0.15, -0.1) is 0 Å². The Morgan fingerprint density at radius 3 is 2.47 bits per heavy atom. The van der Waals surface area contributed by atoms with E-state index >= 15 is 0 Å². The van der Waals surface area contributed by atoms with Gasteiger partial charge in [0.15, 0.2) is 23.2 Å². The maximum Gasteiger partial charge on any atom is 0.417 e. The van der Waals surface area contributed by atoms with Crippen molar-refractivity contribution in [3.05, 3.63) is 77.8 Å². The number of hydrogen-bond donors (Lipinski definition) is 1. The van der Waals surface area contributed by atoms with Crippen LogP contribution in [-0.2, 0) is 16.5 Å². The zero-order valence-corrected chi connectivity index (χ0v) is 23.0. The van der Waals surface area contributed by atoms with Gasteiger partial charge in [-0.3, -0.25) is 0 Å². The van der Waals surface area contributed by atoms with Crippen molar-refractivity contribution in [2.24, 2.45) is 5.92 Å². The van der Waals surface area contributed by atoms with Gasteiger partial charge in [-0.1, -0.05) is 32.0 Å². The van der Waals surface area contributed by atoms with E-state index in [0.717, 1.165) is 22.9 Å². The van der Waals surface area contributed by atoms with Crippen LogP contribution in [0.4, 0.5) is 22.0 Å². The van der Waals surface area contributed by atoms with Crippen LogP contribution in [0.5, 0.6) is 5.75 Å². The van der Waals surface area contributed by atoms with Crippen LogP contribution in [0.1, 0.15) is 38.5 Å². The van der Waals surface area contributed by atoms with Crippen molar-refractivity contribution in [1.29, 1.82) is 0 Å². The predicted octanol–water partition coefficient (Wildman–Crippen LogP) is 6.67. The van der Waals surface area contributed by atoms with Crippen LogP contribution in [0.2, 0.25) is 0 Å². The Kier molecular flexibility index (Phi) is 7.63. The molecule has 2 aliphatic heterocycles. The van der Waals surface area contributed by atoms with Crippen molar-refractivity contribution in [2.45, 2.75) is 38.9 Å². The fourth-order valence-corrected chi connectivity index (χ4v) is 4.80. The lowest BCUT2D eigenvalue weighted by molar-refractivity contribution is -0.149. The van der Waals surface area contributed by atoms with Crippen molar-refractivity contribution in [2.75, 3.05) is 6.61 Å². The third-order valence-corrected chi connectivity index (χ3v) is 6.91. The number of hydrogen-bond acceptors (Lipinski definition) is 7. The minimum atomic E-state index is -4.78. The monoisotopic (exact) mass is 601 g/mol. The summed E-state index contributed by atoms with van der Waals surface area (Å²) < 4.78 is 82.1. The van der Waals surface area contributed by atoms with E-state index in [-0.39, 0.29) is 52.1 Å². The number of carboxylic acid groups (broad SMARTS) is 1. The van der Waals surface area contributed by atoms with Gasteiger partial charge in [-0.2, -0.15) is 18.3 Å². The number of carbonyl (C=O) groups is 1. The van der Waals surface area contributed by atoms with Crippen LogP contribution in [0.15, 0.2) is 59.4 Å². The van der Waals surface area contributed by atoms with Crippen molar-refractivity contribution < 1.29 is 41.1 Å². The number of imidazole rings is 1. The molecule has 3 heterocycles. The molecule has 0 bridgehead atoms. The topological polar surface area (TPSA) is 116 Å². The Morgan fingerprint density at radius 2 is 1.79 bits per heavy atom. The van der Waals surface area contributed by atoms with Crippen LogP contribution in [0.3, 0.4) is 0 Å². The quantitative estimate of drug-likeness (QED) is 0.186. The maximum atomic E-state index is 14.4. The zero-order chi connectivity index (χ0) is 31.1. The Morgan fingerprint density at radius 1 is 1.05 bits per heavy atom. The SMILES string of the molecule is CCCOc1ccc(-c2cc(C(C(=O)O)(C(C)C)n3cc4nc(-c5cccc(F)c5F)nc-4cn3)on2)c(C(F)(F)F)c1. The van der Waals surface area contributed by atoms with Crippen LogP contribution in [0, 0.1) is 17.6 Å². The molecule has 0 aliphatic carbocycles. The van der Waals surface area contributed by atoms with Crippen LogP contribution in [-0.4, -0.2) is 42.6 Å². The molecule has 2 aliphatic rings. The van der Waals surface area contributed by atoms with Crippen LogP contribution in [0.25, 0.3) is 34.0 Å². The zero-order valence-electron chi connectivity index (χ0n) is 23.0. The molecule has 0 saturated heterocycles. The van der Waals surface area contributed by atoms with Gasteiger partial charge in [-0.05, 0) is 42.7 Å². The molecule has 43 heavy (non-hydrogen) atoms. The molecular weight excluding hydrogens is 577 g/mol. The van der Waals surface area contributed by atoms with E-state index in [1.54, 1.807) is 13.8 Å². The summed E-state index contributed by atoms with van der Waals surface area (Å²) in [6, 6.07) is 8.03. The molecule has 1 N–H and O–H groups in total. The predicted molar refractivity (Wildman–Crippen MR) is 142 cm³/mol. The minimum Gasteiger partial charge on any atom is -0.494 e. The highest BCUT2D eigenvalue weighted by atomic mass is 19.4. The number of aromatic nitrogens is 5. The summed E-state index contributed by atoms with van der Waals surface area (Å²) in [5.41, 5.74) is -3.69. The first-order chi connectivity index (χ1) is 20.4. The first-order valence-electron chi connectivity index (χ1n) is 13.1. The maximum absolute atomic E-state index is 14.4. The van der Waals surface area contributed by atoms with Gasteiger partial charge in [0.25, 0.3) is 0 Å². The van der Waals surface area contributed by atoms with Crippen LogP contribution >= 0.6 is 0 Å². The van der Waals surface area contributed by atoms with Gasteiger partial charge in [0.1, 0.15) is 22.8 Å². The molecular formula is C29H24F5N5O4. The number of halogens is 5. The summed E-state index contributed by atoms with van der Waals surface area (Å²) in [5.74, 6) is -4.93. The summed E-state index contributed by atoms with van der Waals surface area (Å²) in [7, 11) is 0. The van der Waals surface area contributed by atoms with E-state index < -0.39 is 40.8 Å². The van der Waals surface area contributed by atoms with Crippen molar-refractivity contribution in [1.82, 2.24) is 24.9 Å². The molecule has 2 aromatic carbocycles. The smallest absolute Gasteiger partial charge is 0.417 e. The molecule has 0 radical (unpaired) electrons. The third kappa shape index (κ3) is 5.17. The summed E-state index contributed by atoms with van der Waals surface area (Å²) in [4.78, 5) is 21.4. The number of alkyl halides is 3. The number of aliphatic carboxylic acids is 1. The summed E-state index contributed by atoms with van der Waals surface area (Å²) in [6.07, 6.45) is -1.75. The number of nitrogens with zero attached hydrogens (tertiary/aromatic N) is 5. The number of carboxylic acids is 1. The van der Waals surface area contributed by atoms with Crippen molar-refractivity contribution in [3.8, 4) is 39.8 Å². The average Bonchev–Trinajstić information content (AvgIpc) is 3.60. The standard InChI is InChI=1S/C29H24F5N5O4/c1-4-10-42-16-8-9-17(19(11-16)29(32,33)34)21-12-24(43-38-21)28(15(2)3,27(40)41)39-14-23-22(13-35-39)36-26(37-23)18-6-5-7-20(30)25(18)31/h5-9,11-15H,4,10H2,1-3H3,(H,40,41). The Balaban J connectivity index is 1.62. The second-order valence-corrected chi connectivity index (χ2v) is 9.99. The molecule has 14 heteroatoms. The van der Waals surface area contributed by atoms with Crippen molar-refractivity contribution >= 4 is 5.97 Å². The van der Waals surface area contributed by atoms with Gasteiger partial charge >= 0.3 is 12.1 Å². The largest absolute Gasteiger partial charge is 0.494 e. The first-order valence-corrected chi connectivity index (χ1v) is 13.1. The molecule has 0 fully saturated rings. The lowest BCUT2D eigenvalue weighted by atomic mass is 9.83. The van der Waals surface area contributed by atoms with Crippen LogP contribution < -0.4 is 4.74 Å². The fourth-order valence-electron chi connectivity index (χ4n) is 4.80. The molecule has 0 spiro atoms. The normalized spacial score (nSPS) is 13.4. The highest BCUT2D eigenvalue weighted by molar-refractivity contribution is 5.82. The molecule has 0 saturated carbocycles. The molecule has 9 nitrogen and oxygen atoms in total. The minimum absolute atomic E-state index is 0.0186. The molecule has 1 aromatic heterocycles. The van der Waals surface area contributed by atoms with E-state index in [2.05, 4.69) is 20.2 Å².